The van der Waals surface area contributed by atoms with Crippen LogP contribution in [0.15, 0.2) is 58.1 Å². The summed E-state index contributed by atoms with van der Waals surface area (Å²) in [6.07, 6.45) is 0. The molecule has 10 nitrogen and oxygen atoms in total. The van der Waals surface area contributed by atoms with Gasteiger partial charge in [0.1, 0.15) is 17.2 Å². The molecule has 0 saturated heterocycles. The van der Waals surface area contributed by atoms with E-state index in [2.05, 4.69) is 10.3 Å². The fourth-order valence-corrected chi connectivity index (χ4v) is 3.60. The van der Waals surface area contributed by atoms with E-state index < -0.39 is 17.0 Å². The molecule has 0 aliphatic heterocycles. The van der Waals surface area contributed by atoms with E-state index in [0.717, 1.165) is 15.8 Å². The van der Waals surface area contributed by atoms with Crippen LogP contribution >= 0.6 is 0 Å². The zero-order valence-electron chi connectivity index (χ0n) is 19.4. The van der Waals surface area contributed by atoms with Crippen LogP contribution in [0.1, 0.15) is 28.5 Å². The van der Waals surface area contributed by atoms with Gasteiger partial charge in [-0.05, 0) is 38.6 Å². The summed E-state index contributed by atoms with van der Waals surface area (Å²) in [4.78, 5) is 56.9. The van der Waals surface area contributed by atoms with Gasteiger partial charge in [-0.25, -0.2) is 9.78 Å². The number of nitrogens with two attached hydrogens (primary N) is 1. The van der Waals surface area contributed by atoms with Crippen molar-refractivity contribution in [2.45, 2.75) is 26.9 Å². The number of aryl methyl sites for hydroxylation is 1. The van der Waals surface area contributed by atoms with Crippen molar-refractivity contribution in [2.75, 3.05) is 31.2 Å². The summed E-state index contributed by atoms with van der Waals surface area (Å²) >= 11 is 0. The van der Waals surface area contributed by atoms with Crippen LogP contribution in [0.2, 0.25) is 0 Å². The maximum absolute atomic E-state index is 13.1. The number of ketones is 1. The number of carbonyl (C=O) groups excluding carboxylic acids is 2. The lowest BCUT2D eigenvalue weighted by molar-refractivity contribution is -0.116. The third kappa shape index (κ3) is 5.65. The van der Waals surface area contributed by atoms with Gasteiger partial charge in [0.05, 0.1) is 19.6 Å². The number of nitrogens with one attached hydrogen (secondary N) is 1. The number of rotatable bonds is 9. The molecule has 3 N–H and O–H groups in total. The van der Waals surface area contributed by atoms with Crippen molar-refractivity contribution in [3.63, 3.8) is 0 Å². The largest absolute Gasteiger partial charge is 0.384 e. The first-order valence-corrected chi connectivity index (χ1v) is 10.8. The average Bonchev–Trinajstić information content (AvgIpc) is 2.77. The van der Waals surface area contributed by atoms with Crippen LogP contribution in [-0.2, 0) is 17.9 Å². The van der Waals surface area contributed by atoms with E-state index in [-0.39, 0.29) is 43.5 Å². The number of aromatic nitrogens is 3. The summed E-state index contributed by atoms with van der Waals surface area (Å²) < 4.78 is 2.21. The van der Waals surface area contributed by atoms with Crippen molar-refractivity contribution in [3.05, 3.63) is 86.2 Å². The minimum absolute atomic E-state index is 0.0920. The SMILES string of the molecule is CCn1c(=O)c(C(=O)CN(C)CC(=O)Nc2cccc(C)n2)c(N)n(Cc2ccccc2)c1=O. The smallest absolute Gasteiger partial charge is 0.332 e. The molecule has 0 aliphatic rings. The molecule has 3 aromatic rings. The number of anilines is 2. The molecular formula is C24H28N6O4. The maximum Gasteiger partial charge on any atom is 0.332 e. The van der Waals surface area contributed by atoms with Crippen LogP contribution in [0.3, 0.4) is 0 Å². The Morgan fingerprint density at radius 1 is 1.03 bits per heavy atom. The first kappa shape index (κ1) is 24.6. The predicted octanol–water partition coefficient (Wildman–Crippen LogP) is 1.12. The van der Waals surface area contributed by atoms with Gasteiger partial charge in [0, 0.05) is 12.2 Å². The Morgan fingerprint density at radius 3 is 2.38 bits per heavy atom. The highest BCUT2D eigenvalue weighted by molar-refractivity contribution is 6.01. The Morgan fingerprint density at radius 2 is 1.74 bits per heavy atom. The van der Waals surface area contributed by atoms with Crippen molar-refractivity contribution in [1.82, 2.24) is 19.0 Å². The Labute approximate surface area is 196 Å². The normalized spacial score (nSPS) is 10.9. The van der Waals surface area contributed by atoms with E-state index >= 15 is 0 Å². The van der Waals surface area contributed by atoms with Gasteiger partial charge in [-0.3, -0.25) is 28.4 Å². The van der Waals surface area contributed by atoms with Crippen LogP contribution in [0.5, 0.6) is 0 Å². The van der Waals surface area contributed by atoms with Crippen LogP contribution in [0.25, 0.3) is 0 Å². The van der Waals surface area contributed by atoms with E-state index in [1.807, 2.05) is 43.3 Å². The summed E-state index contributed by atoms with van der Waals surface area (Å²) in [5.74, 6) is -0.708. The summed E-state index contributed by atoms with van der Waals surface area (Å²) in [5.41, 5.74) is 6.16. The number of nitrogen functional groups attached to an aromatic ring is 1. The molecule has 1 aromatic carbocycles. The number of hydrogen-bond donors (Lipinski definition) is 2. The Bertz CT molecular complexity index is 1310. The number of likely N-dealkylation sites (N-methyl/N-ethyl adjacent to an activating group) is 1. The number of hydrogen-bond acceptors (Lipinski definition) is 7. The van der Waals surface area contributed by atoms with Crippen molar-refractivity contribution in [1.29, 1.82) is 0 Å². The van der Waals surface area contributed by atoms with Gasteiger partial charge in [0.15, 0.2) is 5.78 Å². The highest BCUT2D eigenvalue weighted by Gasteiger charge is 2.24. The van der Waals surface area contributed by atoms with Crippen LogP contribution in [0.4, 0.5) is 11.6 Å². The van der Waals surface area contributed by atoms with Crippen molar-refractivity contribution < 1.29 is 9.59 Å². The first-order chi connectivity index (χ1) is 16.2. The van der Waals surface area contributed by atoms with Gasteiger partial charge in [0.2, 0.25) is 5.91 Å². The Balaban J connectivity index is 1.81. The fraction of sp³-hybridized carbons (Fsp3) is 0.292. The molecule has 0 spiro atoms. The molecule has 0 unspecified atom stereocenters. The molecule has 2 heterocycles. The van der Waals surface area contributed by atoms with Crippen molar-refractivity contribution >= 4 is 23.3 Å². The molecule has 3 rings (SSSR count). The summed E-state index contributed by atoms with van der Waals surface area (Å²) in [6, 6.07) is 14.4. The van der Waals surface area contributed by atoms with Crippen molar-refractivity contribution in [3.8, 4) is 0 Å². The third-order valence-corrected chi connectivity index (χ3v) is 5.23. The lowest BCUT2D eigenvalue weighted by Crippen LogP contribution is -2.45. The van der Waals surface area contributed by atoms with E-state index in [9.17, 15) is 19.2 Å². The summed E-state index contributed by atoms with van der Waals surface area (Å²) in [7, 11) is 1.58. The molecule has 34 heavy (non-hydrogen) atoms. The van der Waals surface area contributed by atoms with Gasteiger partial charge in [-0.15, -0.1) is 0 Å². The van der Waals surface area contributed by atoms with Crippen molar-refractivity contribution in [2.24, 2.45) is 0 Å². The predicted molar refractivity (Wildman–Crippen MR) is 130 cm³/mol. The number of pyridine rings is 1. The standard InChI is InChI=1S/C24H28N6O4/c1-4-29-23(33)21(22(25)30(24(29)34)13-17-10-6-5-7-11-17)18(31)14-28(3)15-20(32)27-19-12-8-9-16(2)26-19/h5-12H,4,13-15,25H2,1-3H3,(H,26,27,32). The third-order valence-electron chi connectivity index (χ3n) is 5.23. The van der Waals surface area contributed by atoms with Gasteiger partial charge >= 0.3 is 5.69 Å². The van der Waals surface area contributed by atoms with Gasteiger partial charge < -0.3 is 11.1 Å². The minimum Gasteiger partial charge on any atom is -0.384 e. The molecule has 0 fully saturated rings. The summed E-state index contributed by atoms with van der Waals surface area (Å²) in [5, 5.41) is 2.67. The second kappa shape index (κ2) is 10.7. The van der Waals surface area contributed by atoms with Crippen LogP contribution < -0.4 is 22.3 Å². The number of carbonyl (C=O) groups is 2. The molecule has 2 aromatic heterocycles. The highest BCUT2D eigenvalue weighted by Crippen LogP contribution is 2.10. The molecule has 0 atom stereocenters. The average molecular weight is 465 g/mol. The molecule has 178 valence electrons. The number of benzene rings is 1. The monoisotopic (exact) mass is 464 g/mol. The highest BCUT2D eigenvalue weighted by atomic mass is 16.2. The first-order valence-electron chi connectivity index (χ1n) is 10.8. The zero-order valence-corrected chi connectivity index (χ0v) is 19.4. The van der Waals surface area contributed by atoms with Gasteiger partial charge in [-0.1, -0.05) is 36.4 Å². The van der Waals surface area contributed by atoms with E-state index in [1.54, 1.807) is 26.1 Å². The van der Waals surface area contributed by atoms with Gasteiger partial charge in [0.25, 0.3) is 5.56 Å². The molecule has 0 aliphatic carbocycles. The molecule has 0 radical (unpaired) electrons. The zero-order chi connectivity index (χ0) is 24.8. The van der Waals surface area contributed by atoms with E-state index in [0.29, 0.717) is 5.82 Å². The fourth-order valence-electron chi connectivity index (χ4n) is 3.60. The van der Waals surface area contributed by atoms with Crippen LogP contribution in [0, 0.1) is 6.92 Å². The minimum atomic E-state index is -0.735. The van der Waals surface area contributed by atoms with Crippen LogP contribution in [-0.4, -0.2) is 50.8 Å². The lowest BCUT2D eigenvalue weighted by atomic mass is 10.1. The lowest BCUT2D eigenvalue weighted by Gasteiger charge is -2.18. The number of Topliss-reactive ketones (excluding diaryl/α,β-unsaturated/α-hetero) is 1. The van der Waals surface area contributed by atoms with E-state index in [4.69, 9.17) is 5.73 Å². The second-order valence-electron chi connectivity index (χ2n) is 7.97. The maximum atomic E-state index is 13.1. The Kier molecular flexibility index (Phi) is 7.75. The molecule has 0 saturated carbocycles. The number of amides is 1. The Hall–Kier alpha value is -4.05. The van der Waals surface area contributed by atoms with Gasteiger partial charge in [-0.2, -0.15) is 0 Å². The topological polar surface area (TPSA) is 132 Å². The molecule has 10 heteroatoms. The second-order valence-corrected chi connectivity index (χ2v) is 7.97. The number of nitrogens with zero attached hydrogens (tertiary/aromatic N) is 4. The quantitative estimate of drug-likeness (QED) is 0.454. The molecule has 0 bridgehead atoms. The summed E-state index contributed by atoms with van der Waals surface area (Å²) in [6.45, 7) is 3.33. The molecular weight excluding hydrogens is 436 g/mol. The molecule has 1 amide bonds. The van der Waals surface area contributed by atoms with E-state index in [1.165, 1.54) is 9.47 Å².